The van der Waals surface area contributed by atoms with Crippen LogP contribution in [0.5, 0.6) is 0 Å². The number of hydrogen-bond donors (Lipinski definition) is 0. The lowest BCUT2D eigenvalue weighted by molar-refractivity contribution is 0.604. The molecule has 17 heavy (non-hydrogen) atoms. The molecule has 0 bridgehead atoms. The lowest BCUT2D eigenvalue weighted by atomic mass is 9.94. The van der Waals surface area contributed by atoms with Gasteiger partial charge in [0, 0.05) is 9.58 Å². The Bertz CT molecular complexity index is 631. The summed E-state index contributed by atoms with van der Waals surface area (Å²) in [5.41, 5.74) is 0.246. The molecule has 0 aliphatic heterocycles. The minimum Gasteiger partial charge on any atom is -0.140 e. The third kappa shape index (κ3) is 1.85. The molecule has 86 valence electrons. The number of thiophene rings is 1. The van der Waals surface area contributed by atoms with Crippen LogP contribution in [-0.4, -0.2) is 0 Å². The minimum absolute atomic E-state index is 0.246. The van der Waals surface area contributed by atoms with Gasteiger partial charge in [0.2, 0.25) is 0 Å². The Morgan fingerprint density at radius 1 is 0.824 bits per heavy atom. The van der Waals surface area contributed by atoms with Gasteiger partial charge in [-0.15, -0.1) is 11.3 Å². The second kappa shape index (κ2) is 3.58. The van der Waals surface area contributed by atoms with E-state index in [9.17, 15) is 0 Å². The first-order valence-electron chi connectivity index (χ1n) is 5.97. The first kappa shape index (κ1) is 10.8. The zero-order chi connectivity index (χ0) is 12.0. The van der Waals surface area contributed by atoms with Crippen molar-refractivity contribution in [3.8, 4) is 0 Å². The fourth-order valence-electron chi connectivity index (χ4n) is 2.10. The molecule has 1 heteroatoms. The highest BCUT2D eigenvalue weighted by atomic mass is 32.1. The van der Waals surface area contributed by atoms with Crippen LogP contribution in [0.2, 0.25) is 0 Å². The number of fused-ring (bicyclic) bond motifs is 2. The van der Waals surface area contributed by atoms with Crippen molar-refractivity contribution in [3.05, 3.63) is 47.3 Å². The second-order valence-corrected chi connectivity index (χ2v) is 6.68. The standard InChI is InChI=1S/C16H16S/c1-16(2,3)15-10-13-8-11-6-4-5-7-12(11)9-14(13)17-15/h4-10H,1-3H3. The van der Waals surface area contributed by atoms with Crippen molar-refractivity contribution in [2.75, 3.05) is 0 Å². The highest BCUT2D eigenvalue weighted by Crippen LogP contribution is 2.36. The summed E-state index contributed by atoms with van der Waals surface area (Å²) in [4.78, 5) is 1.46. The first-order valence-corrected chi connectivity index (χ1v) is 6.78. The number of rotatable bonds is 0. The van der Waals surface area contributed by atoms with E-state index in [1.165, 1.54) is 25.7 Å². The van der Waals surface area contributed by atoms with Gasteiger partial charge in [-0.3, -0.25) is 0 Å². The van der Waals surface area contributed by atoms with Gasteiger partial charge in [0.15, 0.2) is 0 Å². The number of benzene rings is 2. The van der Waals surface area contributed by atoms with Gasteiger partial charge in [-0.25, -0.2) is 0 Å². The van der Waals surface area contributed by atoms with Crippen LogP contribution in [0.3, 0.4) is 0 Å². The molecule has 1 aromatic heterocycles. The van der Waals surface area contributed by atoms with Gasteiger partial charge in [0.1, 0.15) is 0 Å². The van der Waals surface area contributed by atoms with E-state index >= 15 is 0 Å². The van der Waals surface area contributed by atoms with Crippen LogP contribution >= 0.6 is 11.3 Å². The van der Waals surface area contributed by atoms with Gasteiger partial charge in [0.05, 0.1) is 0 Å². The Morgan fingerprint density at radius 2 is 1.47 bits per heavy atom. The molecule has 0 radical (unpaired) electrons. The molecule has 3 rings (SSSR count). The van der Waals surface area contributed by atoms with Gasteiger partial charge in [-0.1, -0.05) is 45.0 Å². The third-order valence-electron chi connectivity index (χ3n) is 3.12. The van der Waals surface area contributed by atoms with Crippen LogP contribution in [0.4, 0.5) is 0 Å². The van der Waals surface area contributed by atoms with E-state index in [1.807, 2.05) is 11.3 Å². The van der Waals surface area contributed by atoms with Crippen molar-refractivity contribution in [1.29, 1.82) is 0 Å². The predicted octanol–water partition coefficient (Wildman–Crippen LogP) is 5.35. The molecule has 0 atom stereocenters. The molecule has 0 N–H and O–H groups in total. The normalized spacial score (nSPS) is 12.4. The van der Waals surface area contributed by atoms with E-state index in [1.54, 1.807) is 0 Å². The van der Waals surface area contributed by atoms with Crippen LogP contribution < -0.4 is 0 Å². The largest absolute Gasteiger partial charge is 0.140 e. The third-order valence-corrected chi connectivity index (χ3v) is 4.65. The summed E-state index contributed by atoms with van der Waals surface area (Å²) in [6.07, 6.45) is 0. The average molecular weight is 240 g/mol. The minimum atomic E-state index is 0.246. The van der Waals surface area contributed by atoms with Crippen LogP contribution in [-0.2, 0) is 5.41 Å². The summed E-state index contributed by atoms with van der Waals surface area (Å²) in [6.45, 7) is 6.83. The molecule has 0 aliphatic carbocycles. The van der Waals surface area contributed by atoms with Crippen LogP contribution in [0.25, 0.3) is 20.9 Å². The van der Waals surface area contributed by atoms with Crippen molar-refractivity contribution in [2.45, 2.75) is 26.2 Å². The maximum atomic E-state index is 2.34. The Kier molecular flexibility index (Phi) is 2.27. The molecule has 1 heterocycles. The molecular weight excluding hydrogens is 224 g/mol. The molecule has 0 fully saturated rings. The fourth-order valence-corrected chi connectivity index (χ4v) is 3.25. The Hall–Kier alpha value is -1.34. The van der Waals surface area contributed by atoms with Crippen LogP contribution in [0.15, 0.2) is 42.5 Å². The summed E-state index contributed by atoms with van der Waals surface area (Å²) >= 11 is 1.92. The molecule has 0 spiro atoms. The smallest absolute Gasteiger partial charge is 0.0352 e. The Balaban J connectivity index is 2.32. The van der Waals surface area contributed by atoms with E-state index < -0.39 is 0 Å². The molecule has 0 saturated heterocycles. The SMILES string of the molecule is CC(C)(C)c1cc2cc3ccccc3cc2s1. The molecule has 0 unspecified atom stereocenters. The van der Waals surface area contributed by atoms with E-state index in [0.717, 1.165) is 0 Å². The van der Waals surface area contributed by atoms with E-state index in [4.69, 9.17) is 0 Å². The molecule has 3 aromatic rings. The van der Waals surface area contributed by atoms with Crippen LogP contribution in [0, 0.1) is 0 Å². The van der Waals surface area contributed by atoms with E-state index in [-0.39, 0.29) is 5.41 Å². The van der Waals surface area contributed by atoms with Crippen LogP contribution in [0.1, 0.15) is 25.6 Å². The highest BCUT2D eigenvalue weighted by molar-refractivity contribution is 7.19. The maximum Gasteiger partial charge on any atom is 0.0352 e. The summed E-state index contributed by atoms with van der Waals surface area (Å²) in [5, 5.41) is 4.04. The topological polar surface area (TPSA) is 0 Å². The lowest BCUT2D eigenvalue weighted by Gasteiger charge is -2.14. The highest BCUT2D eigenvalue weighted by Gasteiger charge is 2.16. The summed E-state index contributed by atoms with van der Waals surface area (Å²) in [6, 6.07) is 15.5. The molecule has 2 aromatic carbocycles. The summed E-state index contributed by atoms with van der Waals surface area (Å²) in [7, 11) is 0. The van der Waals surface area contributed by atoms with E-state index in [0.29, 0.717) is 0 Å². The molecule has 0 nitrogen and oxygen atoms in total. The van der Waals surface area contributed by atoms with Crippen molar-refractivity contribution >= 4 is 32.2 Å². The molecule has 0 amide bonds. The van der Waals surface area contributed by atoms with Crippen molar-refractivity contribution < 1.29 is 0 Å². The van der Waals surface area contributed by atoms with Gasteiger partial charge in [0.25, 0.3) is 0 Å². The van der Waals surface area contributed by atoms with Crippen molar-refractivity contribution in [1.82, 2.24) is 0 Å². The molecule has 0 aliphatic rings. The summed E-state index contributed by atoms with van der Waals surface area (Å²) < 4.78 is 1.40. The second-order valence-electron chi connectivity index (χ2n) is 5.60. The Morgan fingerprint density at radius 3 is 2.12 bits per heavy atom. The molecule has 0 saturated carbocycles. The summed E-state index contributed by atoms with van der Waals surface area (Å²) in [5.74, 6) is 0. The fraction of sp³-hybridized carbons (Fsp3) is 0.250. The quantitative estimate of drug-likeness (QED) is 0.496. The monoisotopic (exact) mass is 240 g/mol. The lowest BCUT2D eigenvalue weighted by Crippen LogP contribution is -2.07. The van der Waals surface area contributed by atoms with Gasteiger partial charge < -0.3 is 0 Å². The first-order chi connectivity index (χ1) is 8.04. The van der Waals surface area contributed by atoms with Gasteiger partial charge in [-0.2, -0.15) is 0 Å². The van der Waals surface area contributed by atoms with Gasteiger partial charge in [-0.05, 0) is 39.8 Å². The maximum absolute atomic E-state index is 2.34. The predicted molar refractivity (Wildman–Crippen MR) is 78.0 cm³/mol. The van der Waals surface area contributed by atoms with E-state index in [2.05, 4.69) is 63.2 Å². The molecular formula is C16H16S. The number of hydrogen-bond acceptors (Lipinski definition) is 1. The van der Waals surface area contributed by atoms with Crippen molar-refractivity contribution in [3.63, 3.8) is 0 Å². The van der Waals surface area contributed by atoms with Gasteiger partial charge >= 0.3 is 0 Å². The Labute approximate surface area is 106 Å². The zero-order valence-corrected chi connectivity index (χ0v) is 11.3. The van der Waals surface area contributed by atoms with Crippen molar-refractivity contribution in [2.24, 2.45) is 0 Å². The zero-order valence-electron chi connectivity index (χ0n) is 10.4. The average Bonchev–Trinajstić information content (AvgIpc) is 2.68.